The van der Waals surface area contributed by atoms with Crippen LogP contribution in [-0.2, 0) is 22.6 Å². The summed E-state index contributed by atoms with van der Waals surface area (Å²) in [6.45, 7) is 0.0195. The van der Waals surface area contributed by atoms with Gasteiger partial charge in [0.2, 0.25) is 5.75 Å². The molecule has 0 fully saturated rings. The van der Waals surface area contributed by atoms with Gasteiger partial charge in [-0.25, -0.2) is 9.59 Å². The highest BCUT2D eigenvalue weighted by atomic mass is 16.6. The number of alkyl carbamates (subject to hydrolysis) is 1. The van der Waals surface area contributed by atoms with Crippen molar-refractivity contribution < 1.29 is 24.0 Å². The molecule has 9 nitrogen and oxygen atoms in total. The number of para-hydroxylation sites is 3. The van der Waals surface area contributed by atoms with Gasteiger partial charge in [-0.3, -0.25) is 10.1 Å². The van der Waals surface area contributed by atoms with Gasteiger partial charge in [0.05, 0.1) is 4.92 Å². The second kappa shape index (κ2) is 10.3. The molecule has 0 bridgehead atoms. The number of rotatable bonds is 8. The zero-order valence-corrected chi connectivity index (χ0v) is 18.0. The number of hydrogen-bond donors (Lipinski definition) is 2. The van der Waals surface area contributed by atoms with Crippen molar-refractivity contribution in [3.8, 4) is 5.75 Å². The number of benzene rings is 3. The normalized spacial score (nSPS) is 11.5. The number of H-pyrrole nitrogens is 1. The number of nitrogens with one attached hydrogen (secondary N) is 2. The van der Waals surface area contributed by atoms with Crippen LogP contribution in [0.25, 0.3) is 10.9 Å². The molecule has 0 aliphatic heterocycles. The summed E-state index contributed by atoms with van der Waals surface area (Å²) < 4.78 is 10.6. The number of nitrogens with zero attached hydrogens (tertiary/aromatic N) is 1. The summed E-state index contributed by atoms with van der Waals surface area (Å²) in [6, 6.07) is 21.0. The van der Waals surface area contributed by atoms with Crippen LogP contribution < -0.4 is 10.1 Å². The Morgan fingerprint density at radius 1 is 0.971 bits per heavy atom. The van der Waals surface area contributed by atoms with E-state index in [1.807, 2.05) is 42.5 Å². The van der Waals surface area contributed by atoms with E-state index in [1.54, 1.807) is 18.3 Å². The summed E-state index contributed by atoms with van der Waals surface area (Å²) in [4.78, 5) is 39.3. The van der Waals surface area contributed by atoms with Crippen molar-refractivity contribution in [2.24, 2.45) is 0 Å². The number of fused-ring (bicyclic) bond motifs is 1. The number of nitro groups is 1. The topological polar surface area (TPSA) is 124 Å². The molecule has 0 aliphatic carbocycles. The Hall–Kier alpha value is -4.66. The van der Waals surface area contributed by atoms with Gasteiger partial charge in [-0.2, -0.15) is 0 Å². The van der Waals surface area contributed by atoms with Crippen LogP contribution in [0.5, 0.6) is 5.75 Å². The third-order valence-corrected chi connectivity index (χ3v) is 5.16. The standard InChI is InChI=1S/C25H21N3O6/c29-24(34-23-13-7-6-12-22(23)28(31)32)21(14-18-15-26-20-11-5-4-10-19(18)20)27-25(30)33-16-17-8-2-1-3-9-17/h1-13,15,21,26H,14,16H2,(H,27,30)/t21-/m0/s1. The average Bonchev–Trinajstić information content (AvgIpc) is 3.26. The quantitative estimate of drug-likeness (QED) is 0.173. The van der Waals surface area contributed by atoms with Gasteiger partial charge < -0.3 is 19.8 Å². The number of nitro benzene ring substituents is 1. The molecule has 0 radical (unpaired) electrons. The van der Waals surface area contributed by atoms with Crippen LogP contribution in [-0.4, -0.2) is 28.0 Å². The van der Waals surface area contributed by atoms with E-state index in [0.29, 0.717) is 0 Å². The second-order valence-corrected chi connectivity index (χ2v) is 7.47. The van der Waals surface area contributed by atoms with E-state index in [2.05, 4.69) is 10.3 Å². The van der Waals surface area contributed by atoms with Crippen molar-refractivity contribution in [3.05, 3.63) is 106 Å². The van der Waals surface area contributed by atoms with Gasteiger partial charge in [-0.15, -0.1) is 0 Å². The molecule has 3 aromatic carbocycles. The molecule has 9 heteroatoms. The maximum atomic E-state index is 13.0. The number of carbonyl (C=O) groups excluding carboxylic acids is 2. The van der Waals surface area contributed by atoms with E-state index in [0.717, 1.165) is 22.0 Å². The first-order valence-corrected chi connectivity index (χ1v) is 10.5. The van der Waals surface area contributed by atoms with Crippen LogP contribution in [0.2, 0.25) is 0 Å². The molecular formula is C25H21N3O6. The Morgan fingerprint density at radius 2 is 1.68 bits per heavy atom. The summed E-state index contributed by atoms with van der Waals surface area (Å²) in [5.74, 6) is -1.06. The zero-order chi connectivity index (χ0) is 23.9. The highest BCUT2D eigenvalue weighted by molar-refractivity contribution is 5.87. The molecule has 1 heterocycles. The molecule has 2 N–H and O–H groups in total. The number of carbonyl (C=O) groups is 2. The van der Waals surface area contributed by atoms with Crippen LogP contribution in [0.3, 0.4) is 0 Å². The predicted molar refractivity (Wildman–Crippen MR) is 124 cm³/mol. The molecule has 0 spiro atoms. The molecule has 1 amide bonds. The highest BCUT2D eigenvalue weighted by Gasteiger charge is 2.27. The minimum Gasteiger partial charge on any atom is -0.445 e. The van der Waals surface area contributed by atoms with E-state index in [1.165, 1.54) is 24.3 Å². The highest BCUT2D eigenvalue weighted by Crippen LogP contribution is 2.27. The van der Waals surface area contributed by atoms with Gasteiger partial charge in [-0.1, -0.05) is 60.7 Å². The Kier molecular flexibility index (Phi) is 6.83. The molecule has 34 heavy (non-hydrogen) atoms. The van der Waals surface area contributed by atoms with Crippen LogP contribution in [0.4, 0.5) is 10.5 Å². The number of ether oxygens (including phenoxy) is 2. The molecule has 4 rings (SSSR count). The third-order valence-electron chi connectivity index (χ3n) is 5.16. The maximum absolute atomic E-state index is 13.0. The lowest BCUT2D eigenvalue weighted by Gasteiger charge is -2.17. The van der Waals surface area contributed by atoms with Gasteiger partial charge in [0.1, 0.15) is 12.6 Å². The van der Waals surface area contributed by atoms with Gasteiger partial charge in [-0.05, 0) is 23.3 Å². The summed E-state index contributed by atoms with van der Waals surface area (Å²) in [5, 5.41) is 14.7. The minimum atomic E-state index is -1.15. The third kappa shape index (κ3) is 5.39. The Labute approximate surface area is 194 Å². The van der Waals surface area contributed by atoms with E-state index in [-0.39, 0.29) is 24.5 Å². The molecular weight excluding hydrogens is 438 g/mol. The van der Waals surface area contributed by atoms with Crippen molar-refractivity contribution in [1.82, 2.24) is 10.3 Å². The first-order valence-electron chi connectivity index (χ1n) is 10.5. The van der Waals surface area contributed by atoms with Crippen molar-refractivity contribution in [2.75, 3.05) is 0 Å². The monoisotopic (exact) mass is 459 g/mol. The number of esters is 1. The number of aromatic amines is 1. The zero-order valence-electron chi connectivity index (χ0n) is 18.0. The Balaban J connectivity index is 1.53. The van der Waals surface area contributed by atoms with Gasteiger partial charge in [0.15, 0.2) is 0 Å². The van der Waals surface area contributed by atoms with Crippen LogP contribution in [0.1, 0.15) is 11.1 Å². The molecule has 172 valence electrons. The van der Waals surface area contributed by atoms with Crippen LogP contribution in [0.15, 0.2) is 85.1 Å². The predicted octanol–water partition coefficient (Wildman–Crippen LogP) is 4.52. The fourth-order valence-corrected chi connectivity index (χ4v) is 3.49. The Morgan fingerprint density at radius 3 is 2.47 bits per heavy atom. The Bertz CT molecular complexity index is 1320. The van der Waals surface area contributed by atoms with Crippen LogP contribution >= 0.6 is 0 Å². The number of hydrogen-bond acceptors (Lipinski definition) is 6. The summed E-state index contributed by atoms with van der Waals surface area (Å²) in [5.41, 5.74) is 2.07. The van der Waals surface area contributed by atoms with E-state index < -0.39 is 23.0 Å². The average molecular weight is 459 g/mol. The number of amides is 1. The fraction of sp³-hybridized carbons (Fsp3) is 0.120. The van der Waals surface area contributed by atoms with E-state index in [4.69, 9.17) is 9.47 Å². The van der Waals surface area contributed by atoms with Crippen molar-refractivity contribution in [3.63, 3.8) is 0 Å². The minimum absolute atomic E-state index is 0.0195. The van der Waals surface area contributed by atoms with Crippen LogP contribution in [0, 0.1) is 10.1 Å². The number of aromatic nitrogens is 1. The van der Waals surface area contributed by atoms with Gasteiger partial charge in [0.25, 0.3) is 0 Å². The van der Waals surface area contributed by atoms with Crippen molar-refractivity contribution >= 4 is 28.7 Å². The maximum Gasteiger partial charge on any atom is 0.408 e. The lowest BCUT2D eigenvalue weighted by Crippen LogP contribution is -2.44. The van der Waals surface area contributed by atoms with Crippen molar-refractivity contribution in [2.45, 2.75) is 19.1 Å². The molecule has 1 aromatic heterocycles. The first kappa shape index (κ1) is 22.5. The summed E-state index contributed by atoms with van der Waals surface area (Å²) in [6.07, 6.45) is 1.02. The molecule has 1 atom stereocenters. The van der Waals surface area contributed by atoms with E-state index >= 15 is 0 Å². The second-order valence-electron chi connectivity index (χ2n) is 7.47. The van der Waals surface area contributed by atoms with Crippen molar-refractivity contribution in [1.29, 1.82) is 0 Å². The van der Waals surface area contributed by atoms with E-state index in [9.17, 15) is 19.7 Å². The summed E-state index contributed by atoms with van der Waals surface area (Å²) in [7, 11) is 0. The summed E-state index contributed by atoms with van der Waals surface area (Å²) >= 11 is 0. The fourth-order valence-electron chi connectivity index (χ4n) is 3.49. The van der Waals surface area contributed by atoms with Gasteiger partial charge >= 0.3 is 17.7 Å². The smallest absolute Gasteiger partial charge is 0.408 e. The lowest BCUT2D eigenvalue weighted by molar-refractivity contribution is -0.385. The molecule has 0 unspecified atom stereocenters. The molecule has 4 aromatic rings. The molecule has 0 saturated heterocycles. The molecule has 0 saturated carbocycles. The largest absolute Gasteiger partial charge is 0.445 e. The molecule has 0 aliphatic rings. The SMILES string of the molecule is O=C(N[C@@H](Cc1c[nH]c2ccccc12)C(=O)Oc1ccccc1[N+](=O)[O-])OCc1ccccc1. The van der Waals surface area contributed by atoms with Gasteiger partial charge in [0, 0.05) is 29.6 Å². The first-order chi connectivity index (χ1) is 16.5. The lowest BCUT2D eigenvalue weighted by atomic mass is 10.1.